The Balaban J connectivity index is 2.53. The van der Waals surface area contributed by atoms with Crippen molar-refractivity contribution in [1.82, 2.24) is 0 Å². The molecule has 1 rings (SSSR count). The quantitative estimate of drug-likeness (QED) is 0.218. The van der Waals surface area contributed by atoms with Gasteiger partial charge < -0.3 is 15.5 Å². The van der Waals surface area contributed by atoms with Crippen molar-refractivity contribution in [2.75, 3.05) is 23.9 Å². The number of esters is 1. The van der Waals surface area contributed by atoms with Gasteiger partial charge in [0, 0.05) is 30.8 Å². The summed E-state index contributed by atoms with van der Waals surface area (Å²) in [6, 6.07) is 4.40. The molecule has 1 aromatic carbocycles. The third-order valence-electron chi connectivity index (χ3n) is 2.49. The van der Waals surface area contributed by atoms with Gasteiger partial charge in [-0.25, -0.2) is 0 Å². The lowest BCUT2D eigenvalue weighted by atomic mass is 10.2. The van der Waals surface area contributed by atoms with Gasteiger partial charge in [0.1, 0.15) is 0 Å². The molecule has 0 fully saturated rings. The van der Waals surface area contributed by atoms with Crippen molar-refractivity contribution in [1.29, 1.82) is 0 Å². The predicted octanol–water partition coefficient (Wildman–Crippen LogP) is 1.64. The van der Waals surface area contributed by atoms with E-state index in [1.54, 1.807) is 13.0 Å². The first kappa shape index (κ1) is 15.7. The van der Waals surface area contributed by atoms with Crippen molar-refractivity contribution in [3.63, 3.8) is 0 Å². The normalized spacial score (nSPS) is 9.90. The number of carbonyl (C=O) groups excluding carboxylic acids is 1. The second kappa shape index (κ2) is 7.95. The number of nitro groups is 1. The molecule has 0 aliphatic carbocycles. The molecule has 8 heteroatoms. The second-order valence-electron chi connectivity index (χ2n) is 4.01. The molecule has 8 nitrogen and oxygen atoms in total. The van der Waals surface area contributed by atoms with E-state index in [-0.39, 0.29) is 11.7 Å². The van der Waals surface area contributed by atoms with Crippen LogP contribution in [0.15, 0.2) is 18.2 Å². The molecular weight excluding hydrogens is 264 g/mol. The molecule has 0 aliphatic heterocycles. The van der Waals surface area contributed by atoms with Crippen LogP contribution in [0.2, 0.25) is 0 Å². The second-order valence-corrected chi connectivity index (χ2v) is 4.01. The fraction of sp³-hybridized carbons (Fsp3) is 0.417. The fourth-order valence-electron chi connectivity index (χ4n) is 1.60. The maximum Gasteiger partial charge on any atom is 0.305 e. The van der Waals surface area contributed by atoms with E-state index in [2.05, 4.69) is 10.7 Å². The highest BCUT2D eigenvalue weighted by atomic mass is 16.6. The van der Waals surface area contributed by atoms with Crippen LogP contribution in [0.3, 0.4) is 0 Å². The minimum atomic E-state index is -0.495. The van der Waals surface area contributed by atoms with Gasteiger partial charge in [0.25, 0.3) is 5.69 Å². The minimum absolute atomic E-state index is 0.0617. The van der Waals surface area contributed by atoms with Gasteiger partial charge >= 0.3 is 5.97 Å². The van der Waals surface area contributed by atoms with E-state index in [0.29, 0.717) is 37.4 Å². The maximum atomic E-state index is 11.1. The first-order chi connectivity index (χ1) is 9.56. The van der Waals surface area contributed by atoms with Crippen LogP contribution < -0.4 is 16.6 Å². The topological polar surface area (TPSA) is 120 Å². The number of non-ortho nitro benzene ring substituents is 1. The standard InChI is InChI=1S/C12H18N4O4/c1-2-20-12(17)4-3-5-14-9-6-10(15-13)8-11(7-9)16(18)19/h6-8,14-15H,2-5,13H2,1H3. The van der Waals surface area contributed by atoms with E-state index in [4.69, 9.17) is 10.6 Å². The number of nitrogen functional groups attached to an aromatic ring is 1. The number of hydrazine groups is 1. The summed E-state index contributed by atoms with van der Waals surface area (Å²) in [7, 11) is 0. The zero-order valence-electron chi connectivity index (χ0n) is 11.2. The molecule has 0 bridgehead atoms. The Morgan fingerprint density at radius 1 is 1.40 bits per heavy atom. The summed E-state index contributed by atoms with van der Waals surface area (Å²) < 4.78 is 4.80. The monoisotopic (exact) mass is 282 g/mol. The number of ether oxygens (including phenoxy) is 1. The summed E-state index contributed by atoms with van der Waals surface area (Å²) in [5, 5.41) is 13.8. The highest BCUT2D eigenvalue weighted by Gasteiger charge is 2.09. The molecule has 0 spiro atoms. The van der Waals surface area contributed by atoms with E-state index < -0.39 is 4.92 Å². The predicted molar refractivity (Wildman–Crippen MR) is 75.3 cm³/mol. The first-order valence-electron chi connectivity index (χ1n) is 6.22. The highest BCUT2D eigenvalue weighted by Crippen LogP contribution is 2.23. The van der Waals surface area contributed by atoms with E-state index in [0.717, 1.165) is 0 Å². The van der Waals surface area contributed by atoms with E-state index in [1.807, 2.05) is 0 Å². The summed E-state index contributed by atoms with van der Waals surface area (Å²) in [6.07, 6.45) is 0.880. The van der Waals surface area contributed by atoms with Crippen LogP contribution in [-0.4, -0.2) is 24.0 Å². The molecule has 0 amide bonds. The van der Waals surface area contributed by atoms with Crippen LogP contribution in [0.5, 0.6) is 0 Å². The zero-order chi connectivity index (χ0) is 15.0. The van der Waals surface area contributed by atoms with Gasteiger partial charge in [-0.05, 0) is 19.4 Å². The van der Waals surface area contributed by atoms with Crippen LogP contribution in [-0.2, 0) is 9.53 Å². The lowest BCUT2D eigenvalue weighted by Gasteiger charge is -2.08. The molecule has 110 valence electrons. The molecule has 0 radical (unpaired) electrons. The number of carbonyl (C=O) groups is 1. The van der Waals surface area contributed by atoms with Crippen molar-refractivity contribution < 1.29 is 14.5 Å². The van der Waals surface area contributed by atoms with Crippen molar-refractivity contribution in [2.45, 2.75) is 19.8 Å². The Morgan fingerprint density at radius 3 is 2.70 bits per heavy atom. The number of nitrogens with two attached hydrogens (primary N) is 1. The number of hydrogen-bond acceptors (Lipinski definition) is 7. The molecular formula is C12H18N4O4. The summed E-state index contributed by atoms with van der Waals surface area (Å²) in [6.45, 7) is 2.62. The molecule has 4 N–H and O–H groups in total. The average molecular weight is 282 g/mol. The SMILES string of the molecule is CCOC(=O)CCCNc1cc(NN)cc([N+](=O)[O-])c1. The third kappa shape index (κ3) is 5.11. The molecule has 0 saturated carbocycles. The molecule has 1 aromatic rings. The number of rotatable bonds is 8. The number of nitro benzene ring substituents is 1. The van der Waals surface area contributed by atoms with Crippen LogP contribution >= 0.6 is 0 Å². The van der Waals surface area contributed by atoms with Gasteiger partial charge in [0.15, 0.2) is 0 Å². The summed E-state index contributed by atoms with van der Waals surface area (Å²) in [5.41, 5.74) is 3.31. The Hall–Kier alpha value is -2.35. The molecule has 0 unspecified atom stereocenters. The van der Waals surface area contributed by atoms with Gasteiger partial charge in [-0.15, -0.1) is 0 Å². The van der Waals surface area contributed by atoms with Crippen LogP contribution in [0.4, 0.5) is 17.1 Å². The number of nitrogens with one attached hydrogen (secondary N) is 2. The lowest BCUT2D eigenvalue weighted by molar-refractivity contribution is -0.384. The number of benzene rings is 1. The van der Waals surface area contributed by atoms with Crippen LogP contribution in [0, 0.1) is 10.1 Å². The van der Waals surface area contributed by atoms with Gasteiger partial charge in [0.05, 0.1) is 17.2 Å². The van der Waals surface area contributed by atoms with Crippen molar-refractivity contribution in [3.05, 3.63) is 28.3 Å². The largest absolute Gasteiger partial charge is 0.466 e. The Morgan fingerprint density at radius 2 is 2.10 bits per heavy atom. The van der Waals surface area contributed by atoms with Crippen molar-refractivity contribution in [3.8, 4) is 0 Å². The smallest absolute Gasteiger partial charge is 0.305 e. The molecule has 0 atom stereocenters. The van der Waals surface area contributed by atoms with Gasteiger partial charge in [0.2, 0.25) is 0 Å². The summed E-state index contributed by atoms with van der Waals surface area (Å²) in [4.78, 5) is 21.4. The summed E-state index contributed by atoms with van der Waals surface area (Å²) >= 11 is 0. The fourth-order valence-corrected chi connectivity index (χ4v) is 1.60. The number of anilines is 2. The maximum absolute atomic E-state index is 11.1. The van der Waals surface area contributed by atoms with Gasteiger partial charge in [-0.2, -0.15) is 0 Å². The lowest BCUT2D eigenvalue weighted by Crippen LogP contribution is -2.10. The van der Waals surface area contributed by atoms with Gasteiger partial charge in [-0.1, -0.05) is 0 Å². The molecule has 0 aromatic heterocycles. The number of hydrogen-bond donors (Lipinski definition) is 3. The molecule has 0 saturated heterocycles. The Kier molecular flexibility index (Phi) is 6.24. The van der Waals surface area contributed by atoms with E-state index in [1.165, 1.54) is 12.1 Å². The van der Waals surface area contributed by atoms with Gasteiger partial charge in [-0.3, -0.25) is 20.8 Å². The Bertz CT molecular complexity index is 479. The average Bonchev–Trinajstić information content (AvgIpc) is 2.43. The van der Waals surface area contributed by atoms with Crippen LogP contribution in [0.25, 0.3) is 0 Å². The zero-order valence-corrected chi connectivity index (χ0v) is 11.2. The van der Waals surface area contributed by atoms with Crippen molar-refractivity contribution >= 4 is 23.0 Å². The van der Waals surface area contributed by atoms with E-state index >= 15 is 0 Å². The minimum Gasteiger partial charge on any atom is -0.466 e. The first-order valence-corrected chi connectivity index (χ1v) is 6.22. The molecule has 0 aliphatic rings. The van der Waals surface area contributed by atoms with Crippen molar-refractivity contribution in [2.24, 2.45) is 5.84 Å². The Labute approximate surface area is 116 Å². The molecule has 0 heterocycles. The number of nitrogens with zero attached hydrogens (tertiary/aromatic N) is 1. The highest BCUT2D eigenvalue weighted by molar-refractivity contribution is 5.69. The molecule has 20 heavy (non-hydrogen) atoms. The third-order valence-corrected chi connectivity index (χ3v) is 2.49. The van der Waals surface area contributed by atoms with E-state index in [9.17, 15) is 14.9 Å². The van der Waals surface area contributed by atoms with Crippen LogP contribution in [0.1, 0.15) is 19.8 Å². The summed E-state index contributed by atoms with van der Waals surface area (Å²) in [5.74, 6) is 5.00.